The van der Waals surface area contributed by atoms with Crippen LogP contribution in [-0.4, -0.2) is 0 Å². The summed E-state index contributed by atoms with van der Waals surface area (Å²) in [6.07, 6.45) is 2.58. The van der Waals surface area contributed by atoms with Crippen LogP contribution in [0.4, 0.5) is 35.1 Å². The first-order chi connectivity index (χ1) is 16.6. The molecule has 0 heterocycles. The van der Waals surface area contributed by atoms with Gasteiger partial charge in [-0.25, -0.2) is 35.1 Å². The van der Waals surface area contributed by atoms with Crippen molar-refractivity contribution in [1.29, 1.82) is 0 Å². The molecule has 8 heteroatoms. The molecule has 3 aromatic carbocycles. The topological polar surface area (TPSA) is 0 Å². The maximum absolute atomic E-state index is 15.2. The van der Waals surface area contributed by atoms with Crippen molar-refractivity contribution in [3.63, 3.8) is 0 Å². The minimum atomic E-state index is -1.82. The maximum Gasteiger partial charge on any atom is 0.194 e. The van der Waals surface area contributed by atoms with Crippen LogP contribution in [0.5, 0.6) is 0 Å². The number of hydrogen-bond donors (Lipinski definition) is 0. The fourth-order valence-electron chi connectivity index (χ4n) is 4.79. The second kappa shape index (κ2) is 9.99. The molecule has 0 saturated carbocycles. The zero-order valence-electron chi connectivity index (χ0n) is 18.9. The van der Waals surface area contributed by atoms with Gasteiger partial charge in [-0.15, -0.1) is 0 Å². The first-order valence-corrected chi connectivity index (χ1v) is 11.5. The van der Waals surface area contributed by atoms with Crippen LogP contribution in [0.3, 0.4) is 0 Å². The Morgan fingerprint density at radius 1 is 0.714 bits per heavy atom. The number of unbranched alkanes of at least 4 members (excludes halogenated alkanes) is 2. The van der Waals surface area contributed by atoms with Gasteiger partial charge in [0.2, 0.25) is 0 Å². The van der Waals surface area contributed by atoms with Crippen molar-refractivity contribution in [3.8, 4) is 11.1 Å². The number of aryl methyl sites for hydroxylation is 1. The molecule has 0 aliphatic heterocycles. The Kier molecular flexibility index (Phi) is 7.20. The fourth-order valence-corrected chi connectivity index (χ4v) is 4.79. The van der Waals surface area contributed by atoms with E-state index in [9.17, 15) is 26.3 Å². The summed E-state index contributed by atoms with van der Waals surface area (Å²) in [4.78, 5) is 0. The van der Waals surface area contributed by atoms with Crippen molar-refractivity contribution in [2.75, 3.05) is 0 Å². The molecule has 0 spiro atoms. The van der Waals surface area contributed by atoms with Gasteiger partial charge in [-0.3, -0.25) is 0 Å². The van der Waals surface area contributed by atoms with Crippen LogP contribution in [0.15, 0.2) is 24.3 Å². The van der Waals surface area contributed by atoms with E-state index in [0.29, 0.717) is 25.0 Å². The van der Waals surface area contributed by atoms with Gasteiger partial charge in [0.05, 0.1) is 5.56 Å². The maximum atomic E-state index is 15.2. The molecule has 4 rings (SSSR count). The molecular formula is C27H22F8. The molecule has 0 N–H and O–H groups in total. The molecule has 0 amide bonds. The lowest BCUT2D eigenvalue weighted by atomic mass is 9.78. The number of hydrogen-bond acceptors (Lipinski definition) is 0. The molecule has 0 radical (unpaired) electrons. The summed E-state index contributed by atoms with van der Waals surface area (Å²) in [6, 6.07) is 3.69. The molecule has 0 saturated heterocycles. The zero-order chi connectivity index (χ0) is 25.4. The molecule has 1 atom stereocenters. The van der Waals surface area contributed by atoms with Crippen molar-refractivity contribution >= 4 is 0 Å². The van der Waals surface area contributed by atoms with Crippen LogP contribution in [0.2, 0.25) is 0 Å². The van der Waals surface area contributed by atoms with E-state index in [4.69, 9.17) is 0 Å². The van der Waals surface area contributed by atoms with E-state index >= 15 is 8.78 Å². The third-order valence-corrected chi connectivity index (χ3v) is 6.67. The Bertz CT molecular complexity index is 1260. The Labute approximate surface area is 197 Å². The zero-order valence-corrected chi connectivity index (χ0v) is 18.9. The van der Waals surface area contributed by atoms with Crippen molar-refractivity contribution in [1.82, 2.24) is 0 Å². The van der Waals surface area contributed by atoms with E-state index in [-0.39, 0.29) is 41.5 Å². The largest absolute Gasteiger partial charge is 0.206 e. The predicted octanol–water partition coefficient (Wildman–Crippen LogP) is 8.47. The summed E-state index contributed by atoms with van der Waals surface area (Å²) in [6.45, 7) is 1.99. The minimum absolute atomic E-state index is 0.000592. The fraction of sp³-hybridized carbons (Fsp3) is 0.333. The quantitative estimate of drug-likeness (QED) is 0.138. The number of halogens is 8. The van der Waals surface area contributed by atoms with Crippen molar-refractivity contribution < 1.29 is 35.1 Å². The molecule has 0 nitrogen and oxygen atoms in total. The normalized spacial score (nSPS) is 15.4. The third kappa shape index (κ3) is 4.55. The minimum Gasteiger partial charge on any atom is -0.206 e. The van der Waals surface area contributed by atoms with E-state index in [1.54, 1.807) is 0 Å². The molecule has 0 fully saturated rings. The predicted molar refractivity (Wildman–Crippen MR) is 116 cm³/mol. The molecule has 3 aromatic rings. The molecular weight excluding hydrogens is 476 g/mol. The lowest BCUT2D eigenvalue weighted by Gasteiger charge is -2.27. The highest BCUT2D eigenvalue weighted by Gasteiger charge is 2.33. The molecule has 1 unspecified atom stereocenters. The molecule has 1 aliphatic carbocycles. The van der Waals surface area contributed by atoms with Gasteiger partial charge >= 0.3 is 0 Å². The average Bonchev–Trinajstić information content (AvgIpc) is 2.83. The van der Waals surface area contributed by atoms with Gasteiger partial charge < -0.3 is 0 Å². The van der Waals surface area contributed by atoms with Gasteiger partial charge in [-0.05, 0) is 78.0 Å². The van der Waals surface area contributed by atoms with E-state index < -0.39 is 63.6 Å². The van der Waals surface area contributed by atoms with Crippen LogP contribution in [-0.2, 0) is 19.3 Å². The van der Waals surface area contributed by atoms with Crippen LogP contribution in [0.1, 0.15) is 60.8 Å². The SMILES string of the molecule is CCCCCc1ccc(C2CCc3c(F)c(-c4cc(F)c(F)c(F)c4)c(F)c(F)c3C2)c(F)c1F. The summed E-state index contributed by atoms with van der Waals surface area (Å²) in [5, 5.41) is 0. The Morgan fingerprint density at radius 2 is 1.40 bits per heavy atom. The average molecular weight is 498 g/mol. The lowest BCUT2D eigenvalue weighted by Crippen LogP contribution is -2.19. The molecule has 0 bridgehead atoms. The smallest absolute Gasteiger partial charge is 0.194 e. The van der Waals surface area contributed by atoms with Gasteiger partial charge in [-0.2, -0.15) is 0 Å². The molecule has 0 aromatic heterocycles. The van der Waals surface area contributed by atoms with E-state index in [2.05, 4.69) is 0 Å². The summed E-state index contributed by atoms with van der Waals surface area (Å²) >= 11 is 0. The third-order valence-electron chi connectivity index (χ3n) is 6.67. The Morgan fingerprint density at radius 3 is 2.06 bits per heavy atom. The van der Waals surface area contributed by atoms with Crippen LogP contribution in [0, 0.1) is 46.5 Å². The lowest BCUT2D eigenvalue weighted by molar-refractivity contribution is 0.439. The van der Waals surface area contributed by atoms with E-state index in [1.807, 2.05) is 6.92 Å². The number of fused-ring (bicyclic) bond motifs is 1. The Hall–Kier alpha value is -2.90. The summed E-state index contributed by atoms with van der Waals surface area (Å²) in [7, 11) is 0. The first-order valence-electron chi connectivity index (χ1n) is 11.5. The van der Waals surface area contributed by atoms with Gasteiger partial charge in [-0.1, -0.05) is 31.9 Å². The van der Waals surface area contributed by atoms with Gasteiger partial charge in [0.25, 0.3) is 0 Å². The first kappa shape index (κ1) is 25.2. The highest BCUT2D eigenvalue weighted by Crippen LogP contribution is 2.41. The molecule has 186 valence electrons. The Balaban J connectivity index is 1.70. The molecule has 1 aliphatic rings. The number of benzene rings is 3. The van der Waals surface area contributed by atoms with Crippen molar-refractivity contribution in [3.05, 3.63) is 93.1 Å². The number of rotatable bonds is 6. The summed E-state index contributed by atoms with van der Waals surface area (Å²) in [5.74, 6) is -12.3. The van der Waals surface area contributed by atoms with Crippen LogP contribution < -0.4 is 0 Å². The van der Waals surface area contributed by atoms with Gasteiger partial charge in [0.1, 0.15) is 5.82 Å². The standard InChI is InChI=1S/C27H22F8/c1-2-3-4-5-13-6-8-16(24(32)22(13)30)14-7-9-17-18(10-14)25(33)27(35)21(23(17)31)15-11-19(28)26(34)20(29)12-15/h6,8,11-12,14H,2-5,7,9-10H2,1H3. The monoisotopic (exact) mass is 498 g/mol. The summed E-state index contributed by atoms with van der Waals surface area (Å²) < 4.78 is 115. The van der Waals surface area contributed by atoms with Crippen LogP contribution >= 0.6 is 0 Å². The molecule has 35 heavy (non-hydrogen) atoms. The van der Waals surface area contributed by atoms with Crippen LogP contribution in [0.25, 0.3) is 11.1 Å². The van der Waals surface area contributed by atoms with E-state index in [0.717, 1.165) is 12.8 Å². The summed E-state index contributed by atoms with van der Waals surface area (Å²) in [5.41, 5.74) is -2.01. The van der Waals surface area contributed by atoms with Gasteiger partial charge in [0, 0.05) is 0 Å². The highest BCUT2D eigenvalue weighted by molar-refractivity contribution is 5.67. The van der Waals surface area contributed by atoms with E-state index in [1.165, 1.54) is 12.1 Å². The van der Waals surface area contributed by atoms with Crippen molar-refractivity contribution in [2.24, 2.45) is 0 Å². The second-order valence-electron chi connectivity index (χ2n) is 8.87. The highest BCUT2D eigenvalue weighted by atomic mass is 19.2. The van der Waals surface area contributed by atoms with Crippen molar-refractivity contribution in [2.45, 2.75) is 57.8 Å². The van der Waals surface area contributed by atoms with Gasteiger partial charge in [0.15, 0.2) is 40.7 Å². The second-order valence-corrected chi connectivity index (χ2v) is 8.87.